The summed E-state index contributed by atoms with van der Waals surface area (Å²) in [4.78, 5) is 54.5. The van der Waals surface area contributed by atoms with E-state index in [-0.39, 0.29) is 34.4 Å². The first kappa shape index (κ1) is 23.8. The number of carbonyl (C=O) groups is 4. The van der Waals surface area contributed by atoms with Gasteiger partial charge in [0.25, 0.3) is 11.8 Å². The molecule has 0 aromatic heterocycles. The van der Waals surface area contributed by atoms with Gasteiger partial charge in [-0.3, -0.25) is 24.4 Å². The van der Waals surface area contributed by atoms with Gasteiger partial charge in [0.1, 0.15) is 11.6 Å². The van der Waals surface area contributed by atoms with E-state index in [1.807, 2.05) is 6.08 Å². The molecule has 37 heavy (non-hydrogen) atoms. The molecule has 0 spiro atoms. The molecule has 1 saturated carbocycles. The van der Waals surface area contributed by atoms with Gasteiger partial charge >= 0.3 is 0 Å². The first-order chi connectivity index (χ1) is 17.6. The molecule has 2 saturated heterocycles. The number of hydrogen-bond acceptors (Lipinski definition) is 6. The van der Waals surface area contributed by atoms with Crippen LogP contribution in [0.5, 0.6) is 5.75 Å². The van der Waals surface area contributed by atoms with Gasteiger partial charge in [0.2, 0.25) is 11.8 Å². The van der Waals surface area contributed by atoms with Crippen LogP contribution in [-0.4, -0.2) is 39.0 Å². The van der Waals surface area contributed by atoms with Gasteiger partial charge in [-0.05, 0) is 49.9 Å². The van der Waals surface area contributed by atoms with Crippen molar-refractivity contribution in [1.82, 2.24) is 5.06 Å². The van der Waals surface area contributed by atoms with E-state index in [4.69, 9.17) is 11.6 Å². The molecule has 8 nitrogen and oxygen atoms in total. The molecule has 4 aliphatic rings. The maximum Gasteiger partial charge on any atom is 0.257 e. The minimum absolute atomic E-state index is 0.0720. The second-order valence-corrected chi connectivity index (χ2v) is 10.7. The van der Waals surface area contributed by atoms with Gasteiger partial charge in [0.05, 0.1) is 33.9 Å². The molecule has 2 N–H and O–H groups in total. The third-order valence-electron chi connectivity index (χ3n) is 8.66. The Bertz CT molecular complexity index is 1440. The Morgan fingerprint density at radius 2 is 1.76 bits per heavy atom. The van der Waals surface area contributed by atoms with E-state index in [9.17, 15) is 33.9 Å². The third-order valence-corrected chi connectivity index (χ3v) is 8.95. The molecule has 4 amide bonds. The maximum absolute atomic E-state index is 14.1. The van der Waals surface area contributed by atoms with Gasteiger partial charge < -0.3 is 5.11 Å². The van der Waals surface area contributed by atoms with Crippen LogP contribution in [0.3, 0.4) is 0 Å². The summed E-state index contributed by atoms with van der Waals surface area (Å²) in [5, 5.41) is 20.8. The van der Waals surface area contributed by atoms with Crippen molar-refractivity contribution < 1.29 is 33.9 Å². The number of rotatable bonds is 2. The summed E-state index contributed by atoms with van der Waals surface area (Å²) in [6, 6.07) is 10.1. The predicted octanol–water partition coefficient (Wildman–Crippen LogP) is 3.80. The number of phenolic OH excluding ortho intramolecular Hbond substituents is 1. The monoisotopic (exact) mass is 524 g/mol. The van der Waals surface area contributed by atoms with Crippen molar-refractivity contribution in [2.24, 2.45) is 29.1 Å². The largest absolute Gasteiger partial charge is 0.508 e. The van der Waals surface area contributed by atoms with Crippen molar-refractivity contribution in [2.75, 3.05) is 4.90 Å². The van der Waals surface area contributed by atoms with Crippen LogP contribution in [0.1, 0.15) is 31.2 Å². The quantitative estimate of drug-likeness (QED) is 0.351. The van der Waals surface area contributed by atoms with Gasteiger partial charge in [-0.25, -0.2) is 9.29 Å². The van der Waals surface area contributed by atoms with Gasteiger partial charge in [-0.2, -0.15) is 5.06 Å². The van der Waals surface area contributed by atoms with E-state index in [0.717, 1.165) is 11.0 Å². The molecule has 6 atom stereocenters. The molecule has 0 bridgehead atoms. The molecular formula is C27H22ClFN2O6. The number of hydrogen-bond donors (Lipinski definition) is 2. The second kappa shape index (κ2) is 7.97. The molecule has 3 fully saturated rings. The lowest BCUT2D eigenvalue weighted by molar-refractivity contribution is -0.173. The van der Waals surface area contributed by atoms with E-state index in [1.54, 1.807) is 25.1 Å². The van der Waals surface area contributed by atoms with Crippen LogP contribution >= 0.6 is 11.6 Å². The van der Waals surface area contributed by atoms with Crippen LogP contribution in [0, 0.1) is 34.9 Å². The number of benzene rings is 2. The minimum atomic E-state index is -1.35. The molecule has 2 heterocycles. The van der Waals surface area contributed by atoms with E-state index >= 15 is 0 Å². The summed E-state index contributed by atoms with van der Waals surface area (Å²) in [6.07, 6.45) is 2.09. The standard InChI is InChI=1S/C27H22ClFN2O6/c1-27-17(24(34)30(26(27)36)12-6-9-19(29)18(28)10-12)11-16-13(22(27)14-4-2-3-5-20(14)32)7-8-15-21(16)25(35)31(37)23(15)33/h2-7,9-10,15-17,21-22,32,37H,8,11H2,1H3. The highest BCUT2D eigenvalue weighted by Gasteiger charge is 2.67. The highest BCUT2D eigenvalue weighted by Crippen LogP contribution is 2.64. The fourth-order valence-electron chi connectivity index (χ4n) is 6.94. The number of allylic oxidation sites excluding steroid dienone is 2. The number of phenols is 1. The van der Waals surface area contributed by atoms with Crippen molar-refractivity contribution in [1.29, 1.82) is 0 Å². The summed E-state index contributed by atoms with van der Waals surface area (Å²) < 4.78 is 13.9. The molecule has 6 rings (SSSR count). The summed E-state index contributed by atoms with van der Waals surface area (Å²) in [5.74, 6) is -7.20. The Kier molecular flexibility index (Phi) is 5.13. The van der Waals surface area contributed by atoms with Crippen molar-refractivity contribution in [2.45, 2.75) is 25.7 Å². The number of carbonyl (C=O) groups excluding carboxylic acids is 4. The molecular weight excluding hydrogens is 503 g/mol. The Balaban J connectivity index is 1.54. The molecule has 2 aliphatic heterocycles. The van der Waals surface area contributed by atoms with Crippen LogP contribution in [0.2, 0.25) is 5.02 Å². The highest BCUT2D eigenvalue weighted by molar-refractivity contribution is 6.31. The fraction of sp³-hybridized carbons (Fsp3) is 0.333. The van der Waals surface area contributed by atoms with Crippen molar-refractivity contribution in [3.63, 3.8) is 0 Å². The molecule has 10 heteroatoms. The SMILES string of the molecule is CC12C(=O)N(c3ccc(F)c(Cl)c3)C(=O)C1CC1C(=CCC3C(=O)N(O)C(=O)C31)C2c1ccccc1O. The summed E-state index contributed by atoms with van der Waals surface area (Å²) in [6.45, 7) is 1.67. The smallest absolute Gasteiger partial charge is 0.257 e. The lowest BCUT2D eigenvalue weighted by Gasteiger charge is -2.49. The van der Waals surface area contributed by atoms with Gasteiger partial charge in [0.15, 0.2) is 0 Å². The number of fused-ring (bicyclic) bond motifs is 4. The number of amides is 4. The molecule has 190 valence electrons. The molecule has 0 radical (unpaired) electrons. The number of para-hydroxylation sites is 1. The average Bonchev–Trinajstić information content (AvgIpc) is 3.21. The van der Waals surface area contributed by atoms with Crippen molar-refractivity contribution >= 4 is 40.9 Å². The Hall–Kier alpha value is -3.56. The average molecular weight is 525 g/mol. The minimum Gasteiger partial charge on any atom is -0.508 e. The van der Waals surface area contributed by atoms with Crippen LogP contribution < -0.4 is 4.90 Å². The van der Waals surface area contributed by atoms with Crippen LogP contribution in [0.15, 0.2) is 54.1 Å². The Morgan fingerprint density at radius 3 is 2.46 bits per heavy atom. The normalized spacial score (nSPS) is 32.9. The van der Waals surface area contributed by atoms with Crippen LogP contribution in [0.4, 0.5) is 10.1 Å². The van der Waals surface area contributed by atoms with Crippen LogP contribution in [-0.2, 0) is 19.2 Å². The van der Waals surface area contributed by atoms with Gasteiger partial charge in [-0.1, -0.05) is 41.4 Å². The lowest BCUT2D eigenvalue weighted by atomic mass is 9.51. The summed E-state index contributed by atoms with van der Waals surface area (Å²) in [7, 11) is 0. The zero-order chi connectivity index (χ0) is 26.4. The number of anilines is 1. The molecule has 6 unspecified atom stereocenters. The summed E-state index contributed by atoms with van der Waals surface area (Å²) in [5.41, 5.74) is -0.131. The van der Waals surface area contributed by atoms with Crippen molar-refractivity contribution in [3.05, 3.63) is 70.5 Å². The van der Waals surface area contributed by atoms with Gasteiger partial charge in [-0.15, -0.1) is 0 Å². The first-order valence-corrected chi connectivity index (χ1v) is 12.3. The number of imide groups is 2. The Labute approximate surface area is 215 Å². The van der Waals surface area contributed by atoms with E-state index < -0.39 is 64.5 Å². The number of hydroxylamine groups is 2. The van der Waals surface area contributed by atoms with Gasteiger partial charge in [0, 0.05) is 11.5 Å². The summed E-state index contributed by atoms with van der Waals surface area (Å²) >= 11 is 5.96. The second-order valence-electron chi connectivity index (χ2n) is 10.3. The fourth-order valence-corrected chi connectivity index (χ4v) is 7.12. The highest BCUT2D eigenvalue weighted by atomic mass is 35.5. The molecule has 2 aromatic rings. The topological polar surface area (TPSA) is 115 Å². The van der Waals surface area contributed by atoms with E-state index in [2.05, 4.69) is 0 Å². The maximum atomic E-state index is 14.1. The van der Waals surface area contributed by atoms with E-state index in [0.29, 0.717) is 11.1 Å². The number of nitrogens with zero attached hydrogens (tertiary/aromatic N) is 2. The third kappa shape index (κ3) is 3.04. The van der Waals surface area contributed by atoms with Crippen molar-refractivity contribution in [3.8, 4) is 5.75 Å². The first-order valence-electron chi connectivity index (χ1n) is 11.9. The zero-order valence-electron chi connectivity index (χ0n) is 19.6. The van der Waals surface area contributed by atoms with E-state index in [1.165, 1.54) is 18.2 Å². The lowest BCUT2D eigenvalue weighted by Crippen LogP contribution is -2.48. The molecule has 2 aromatic carbocycles. The molecule has 2 aliphatic carbocycles. The van der Waals surface area contributed by atoms with Crippen LogP contribution in [0.25, 0.3) is 0 Å². The predicted molar refractivity (Wildman–Crippen MR) is 128 cm³/mol. The Morgan fingerprint density at radius 1 is 1.03 bits per heavy atom. The number of aromatic hydroxyl groups is 1. The number of halogens is 2. The zero-order valence-corrected chi connectivity index (χ0v) is 20.4.